The van der Waals surface area contributed by atoms with Crippen LogP contribution in [0.2, 0.25) is 0 Å². The number of rotatable bonds is 5. The third-order valence-electron chi connectivity index (χ3n) is 7.28. The summed E-state index contributed by atoms with van der Waals surface area (Å²) >= 11 is 0. The van der Waals surface area contributed by atoms with E-state index in [0.717, 1.165) is 54.1 Å². The second kappa shape index (κ2) is 10.8. The Morgan fingerprint density at radius 2 is 1.03 bits per heavy atom. The van der Waals surface area contributed by atoms with Crippen molar-refractivity contribution in [2.45, 2.75) is 102 Å². The zero-order valence-corrected chi connectivity index (χ0v) is 24.4. The standard InChI is InChI=1S/C29H38F6P2/c1-19(24-9-8-10-25(24)37(26(2,3)4)27(5,6)7)36(22-15-11-20(12-16-22)28(30,31)32)23-17-13-21(14-18-23)29(33,34)35/h11-19,24-25H,8-10H2,1-7H3/t19-,24+,25+/m1/s1. The summed E-state index contributed by atoms with van der Waals surface area (Å²) in [6.45, 7) is 16.0. The second-order valence-corrected chi connectivity index (χ2v) is 18.7. The summed E-state index contributed by atoms with van der Waals surface area (Å²) in [5.74, 6) is 0.361. The predicted molar refractivity (Wildman–Crippen MR) is 146 cm³/mol. The zero-order valence-electron chi connectivity index (χ0n) is 22.6. The molecule has 206 valence electrons. The van der Waals surface area contributed by atoms with Crippen LogP contribution in [-0.4, -0.2) is 21.6 Å². The van der Waals surface area contributed by atoms with Gasteiger partial charge >= 0.3 is 12.4 Å². The molecule has 3 atom stereocenters. The third kappa shape index (κ3) is 7.10. The molecule has 0 spiro atoms. The normalized spacial score (nSPS) is 20.6. The topological polar surface area (TPSA) is 0 Å². The van der Waals surface area contributed by atoms with E-state index in [1.165, 1.54) is 24.3 Å². The lowest BCUT2D eigenvalue weighted by molar-refractivity contribution is -0.138. The van der Waals surface area contributed by atoms with Gasteiger partial charge in [0.05, 0.1) is 11.1 Å². The average molecular weight is 563 g/mol. The number of benzene rings is 2. The minimum absolute atomic E-state index is 0.116. The number of hydrogen-bond donors (Lipinski definition) is 0. The average Bonchev–Trinajstić information content (AvgIpc) is 3.20. The van der Waals surface area contributed by atoms with Gasteiger partial charge in [-0.3, -0.25) is 0 Å². The first kappa shape index (κ1) is 30.4. The Bertz CT molecular complexity index is 956. The molecule has 0 unspecified atom stereocenters. The Morgan fingerprint density at radius 3 is 1.35 bits per heavy atom. The monoisotopic (exact) mass is 562 g/mol. The van der Waals surface area contributed by atoms with Gasteiger partial charge in [-0.1, -0.05) is 87.1 Å². The maximum absolute atomic E-state index is 13.3. The Hall–Kier alpha value is -1.12. The van der Waals surface area contributed by atoms with E-state index in [-0.39, 0.29) is 16.0 Å². The Morgan fingerprint density at radius 1 is 0.649 bits per heavy atom. The van der Waals surface area contributed by atoms with Crippen molar-refractivity contribution in [2.75, 3.05) is 0 Å². The fourth-order valence-corrected chi connectivity index (χ4v) is 14.6. The second-order valence-electron chi connectivity index (χ2n) is 12.1. The van der Waals surface area contributed by atoms with E-state index in [1.807, 2.05) is 0 Å². The number of hydrogen-bond acceptors (Lipinski definition) is 0. The van der Waals surface area contributed by atoms with Crippen LogP contribution in [0.15, 0.2) is 48.5 Å². The Labute approximate surface area is 220 Å². The van der Waals surface area contributed by atoms with Gasteiger partial charge < -0.3 is 0 Å². The molecule has 0 nitrogen and oxygen atoms in total. The predicted octanol–water partition coefficient (Wildman–Crippen LogP) is 9.79. The van der Waals surface area contributed by atoms with Gasteiger partial charge in [-0.05, 0) is 83.2 Å². The van der Waals surface area contributed by atoms with Crippen LogP contribution in [0.1, 0.15) is 78.9 Å². The van der Waals surface area contributed by atoms with Gasteiger partial charge in [0.15, 0.2) is 0 Å². The van der Waals surface area contributed by atoms with Gasteiger partial charge in [-0.25, -0.2) is 0 Å². The highest BCUT2D eigenvalue weighted by Gasteiger charge is 2.47. The van der Waals surface area contributed by atoms with E-state index in [1.54, 1.807) is 0 Å². The molecular weight excluding hydrogens is 524 g/mol. The van der Waals surface area contributed by atoms with Crippen LogP contribution < -0.4 is 10.6 Å². The molecule has 1 aliphatic rings. The Balaban J connectivity index is 2.08. The van der Waals surface area contributed by atoms with E-state index in [0.29, 0.717) is 11.6 Å². The molecule has 0 aromatic heterocycles. The first-order chi connectivity index (χ1) is 16.8. The van der Waals surface area contributed by atoms with Crippen LogP contribution in [0.4, 0.5) is 26.3 Å². The summed E-state index contributed by atoms with van der Waals surface area (Å²) in [6.07, 6.45) is -5.61. The van der Waals surface area contributed by atoms with Crippen molar-refractivity contribution in [3.05, 3.63) is 59.7 Å². The minimum atomic E-state index is -4.44. The van der Waals surface area contributed by atoms with E-state index in [9.17, 15) is 26.3 Å². The molecule has 2 aromatic carbocycles. The molecule has 0 amide bonds. The molecule has 0 heterocycles. The van der Waals surface area contributed by atoms with Gasteiger partial charge in [0.25, 0.3) is 0 Å². The van der Waals surface area contributed by atoms with Crippen molar-refractivity contribution in [2.24, 2.45) is 5.92 Å². The van der Waals surface area contributed by atoms with Gasteiger partial charge in [0.1, 0.15) is 0 Å². The molecular formula is C29H38F6P2. The van der Waals surface area contributed by atoms with Crippen molar-refractivity contribution in [1.82, 2.24) is 0 Å². The third-order valence-corrected chi connectivity index (χ3v) is 14.4. The summed E-state index contributed by atoms with van der Waals surface area (Å²) in [7, 11) is -1.57. The lowest BCUT2D eigenvalue weighted by Gasteiger charge is -2.49. The summed E-state index contributed by atoms with van der Waals surface area (Å²) < 4.78 is 79.6. The van der Waals surface area contributed by atoms with Gasteiger partial charge in [0, 0.05) is 0 Å². The van der Waals surface area contributed by atoms with Crippen LogP contribution in [-0.2, 0) is 12.4 Å². The van der Waals surface area contributed by atoms with Gasteiger partial charge in [-0.15, -0.1) is 0 Å². The largest absolute Gasteiger partial charge is 0.416 e. The van der Waals surface area contributed by atoms with Crippen molar-refractivity contribution < 1.29 is 26.3 Å². The highest BCUT2D eigenvalue weighted by molar-refractivity contribution is 7.73. The molecule has 0 radical (unpaired) electrons. The molecule has 37 heavy (non-hydrogen) atoms. The van der Waals surface area contributed by atoms with E-state index < -0.39 is 39.3 Å². The van der Waals surface area contributed by atoms with Gasteiger partial charge in [0.2, 0.25) is 0 Å². The van der Waals surface area contributed by atoms with Crippen LogP contribution >= 0.6 is 15.8 Å². The fourth-order valence-electron chi connectivity index (χ4n) is 6.29. The lowest BCUT2D eigenvalue weighted by Crippen LogP contribution is -2.37. The summed E-state index contributed by atoms with van der Waals surface area (Å²) in [5, 5.41) is 1.81. The molecule has 1 saturated carbocycles. The molecule has 8 heteroatoms. The van der Waals surface area contributed by atoms with Gasteiger partial charge in [-0.2, -0.15) is 26.3 Å². The number of halogens is 6. The molecule has 1 fully saturated rings. The summed E-state index contributed by atoms with van der Waals surface area (Å²) in [5.41, 5.74) is -0.812. The van der Waals surface area contributed by atoms with Crippen molar-refractivity contribution in [3.63, 3.8) is 0 Å². The summed E-state index contributed by atoms with van der Waals surface area (Å²) in [6, 6.07) is 10.5. The molecule has 1 aliphatic carbocycles. The molecule has 0 N–H and O–H groups in total. The highest BCUT2D eigenvalue weighted by atomic mass is 31.1. The fraction of sp³-hybridized carbons (Fsp3) is 0.586. The molecule has 0 bridgehead atoms. The van der Waals surface area contributed by atoms with Crippen molar-refractivity contribution in [1.29, 1.82) is 0 Å². The lowest BCUT2D eigenvalue weighted by atomic mass is 10.0. The van der Waals surface area contributed by atoms with E-state index >= 15 is 0 Å². The SMILES string of the molecule is C[C@H]([C@@H]1CCC[C@@H]1P(C(C)(C)C)C(C)(C)C)P(c1ccc(C(F)(F)F)cc1)c1ccc(C(F)(F)F)cc1. The quantitative estimate of drug-likeness (QED) is 0.251. The minimum Gasteiger partial charge on any atom is -0.166 e. The van der Waals surface area contributed by atoms with Crippen LogP contribution in [0.5, 0.6) is 0 Å². The first-order valence-electron chi connectivity index (χ1n) is 12.7. The van der Waals surface area contributed by atoms with E-state index in [4.69, 9.17) is 0 Å². The molecule has 3 rings (SSSR count). The van der Waals surface area contributed by atoms with Crippen LogP contribution in [0, 0.1) is 5.92 Å². The summed E-state index contributed by atoms with van der Waals surface area (Å²) in [4.78, 5) is 0. The van der Waals surface area contributed by atoms with Crippen LogP contribution in [0.3, 0.4) is 0 Å². The van der Waals surface area contributed by atoms with Crippen molar-refractivity contribution in [3.8, 4) is 0 Å². The number of alkyl halides is 6. The smallest absolute Gasteiger partial charge is 0.166 e. The zero-order chi connectivity index (χ0) is 28.0. The highest BCUT2D eigenvalue weighted by Crippen LogP contribution is 2.68. The Kier molecular flexibility index (Phi) is 8.88. The van der Waals surface area contributed by atoms with E-state index in [2.05, 4.69) is 48.5 Å². The van der Waals surface area contributed by atoms with Crippen LogP contribution in [0.25, 0.3) is 0 Å². The van der Waals surface area contributed by atoms with Crippen molar-refractivity contribution >= 4 is 26.5 Å². The molecule has 2 aromatic rings. The maximum Gasteiger partial charge on any atom is 0.416 e. The molecule has 0 aliphatic heterocycles. The first-order valence-corrected chi connectivity index (χ1v) is 15.6. The maximum atomic E-state index is 13.3. The molecule has 0 saturated heterocycles.